The normalized spacial score (nSPS) is 28.2. The number of ether oxygens (including phenoxy) is 3. The first-order chi connectivity index (χ1) is 13.6. The molecule has 1 fully saturated rings. The van der Waals surface area contributed by atoms with Crippen LogP contribution >= 0.6 is 0 Å². The second kappa shape index (κ2) is 6.68. The standard InChI is InChI=1S/C23H27NO4/c1-15-11-18-21(12-20(15)26-2)28-14-23(18)17-8-3-4-9-19(17)24(22(23)25)13-16-7-5-6-10-27-16/h3-4,8-9,11-12,16,22,25H,5-7,10,13-14H2,1-2H3. The number of hydrogen-bond donors (Lipinski definition) is 1. The van der Waals surface area contributed by atoms with E-state index in [0.717, 1.165) is 53.3 Å². The lowest BCUT2D eigenvalue weighted by molar-refractivity contribution is 0.0106. The topological polar surface area (TPSA) is 51.2 Å². The van der Waals surface area contributed by atoms with Gasteiger partial charge in [-0.3, -0.25) is 0 Å². The lowest BCUT2D eigenvalue weighted by atomic mass is 9.76. The van der Waals surface area contributed by atoms with Gasteiger partial charge in [0.2, 0.25) is 0 Å². The number of para-hydroxylation sites is 1. The van der Waals surface area contributed by atoms with E-state index in [1.54, 1.807) is 7.11 Å². The SMILES string of the molecule is COc1cc2c(cc1C)C1(CO2)c2ccccc2N(CC2CCCCO2)C1O. The van der Waals surface area contributed by atoms with Gasteiger partial charge in [-0.1, -0.05) is 18.2 Å². The summed E-state index contributed by atoms with van der Waals surface area (Å²) in [6.45, 7) is 3.97. The molecule has 3 unspecified atom stereocenters. The Labute approximate surface area is 165 Å². The number of anilines is 1. The molecule has 1 N–H and O–H groups in total. The van der Waals surface area contributed by atoms with Gasteiger partial charge in [-0.25, -0.2) is 0 Å². The Morgan fingerprint density at radius 3 is 2.86 bits per heavy atom. The highest BCUT2D eigenvalue weighted by Gasteiger charge is 2.56. The van der Waals surface area contributed by atoms with Crippen molar-refractivity contribution in [3.05, 3.63) is 53.1 Å². The predicted octanol–water partition coefficient (Wildman–Crippen LogP) is 3.39. The molecule has 5 heteroatoms. The van der Waals surface area contributed by atoms with Crippen molar-refractivity contribution < 1.29 is 19.3 Å². The predicted molar refractivity (Wildman–Crippen MR) is 107 cm³/mol. The second-order valence-electron chi connectivity index (χ2n) is 8.11. The van der Waals surface area contributed by atoms with Gasteiger partial charge in [0, 0.05) is 30.5 Å². The van der Waals surface area contributed by atoms with Crippen LogP contribution in [0.3, 0.4) is 0 Å². The van der Waals surface area contributed by atoms with Crippen molar-refractivity contribution in [2.75, 3.05) is 31.8 Å². The van der Waals surface area contributed by atoms with E-state index in [-0.39, 0.29) is 6.10 Å². The maximum atomic E-state index is 11.6. The monoisotopic (exact) mass is 381 g/mol. The minimum atomic E-state index is -0.690. The van der Waals surface area contributed by atoms with Gasteiger partial charge in [-0.2, -0.15) is 0 Å². The molecule has 2 aromatic carbocycles. The molecule has 0 saturated carbocycles. The molecule has 3 aliphatic rings. The minimum absolute atomic E-state index is 0.158. The fourth-order valence-corrected chi connectivity index (χ4v) is 5.07. The summed E-state index contributed by atoms with van der Waals surface area (Å²) in [6.07, 6.45) is 2.83. The molecule has 3 atom stereocenters. The molecule has 1 saturated heterocycles. The first kappa shape index (κ1) is 17.8. The number of aliphatic hydroxyl groups is 1. The smallest absolute Gasteiger partial charge is 0.144 e. The maximum absolute atomic E-state index is 11.6. The summed E-state index contributed by atoms with van der Waals surface area (Å²) in [5, 5.41) is 11.6. The van der Waals surface area contributed by atoms with E-state index in [4.69, 9.17) is 14.2 Å². The molecule has 0 aliphatic carbocycles. The third-order valence-electron chi connectivity index (χ3n) is 6.54. The van der Waals surface area contributed by atoms with Gasteiger partial charge in [0.05, 0.1) is 13.2 Å². The van der Waals surface area contributed by atoms with Crippen LogP contribution in [0.15, 0.2) is 36.4 Å². The zero-order valence-electron chi connectivity index (χ0n) is 16.5. The number of fused-ring (bicyclic) bond motifs is 4. The summed E-state index contributed by atoms with van der Waals surface area (Å²) in [5.41, 5.74) is 3.70. The third-order valence-corrected chi connectivity index (χ3v) is 6.54. The molecule has 3 heterocycles. The van der Waals surface area contributed by atoms with Crippen LogP contribution in [0.1, 0.15) is 36.0 Å². The molecule has 2 aromatic rings. The van der Waals surface area contributed by atoms with Crippen molar-refractivity contribution in [3.8, 4) is 11.5 Å². The Bertz CT molecular complexity index is 892. The minimum Gasteiger partial charge on any atom is -0.496 e. The summed E-state index contributed by atoms with van der Waals surface area (Å²) in [7, 11) is 1.67. The van der Waals surface area contributed by atoms with Gasteiger partial charge < -0.3 is 24.2 Å². The van der Waals surface area contributed by atoms with Crippen molar-refractivity contribution in [3.63, 3.8) is 0 Å². The van der Waals surface area contributed by atoms with Crippen molar-refractivity contribution >= 4 is 5.69 Å². The largest absolute Gasteiger partial charge is 0.496 e. The number of nitrogens with zero attached hydrogens (tertiary/aromatic N) is 1. The molecule has 5 rings (SSSR count). The molecule has 5 nitrogen and oxygen atoms in total. The van der Waals surface area contributed by atoms with Crippen molar-refractivity contribution in [1.82, 2.24) is 0 Å². The van der Waals surface area contributed by atoms with Crippen LogP contribution in [0, 0.1) is 6.92 Å². The average Bonchev–Trinajstić information content (AvgIpc) is 3.21. The Morgan fingerprint density at radius 1 is 1.21 bits per heavy atom. The van der Waals surface area contributed by atoms with Crippen molar-refractivity contribution in [2.45, 2.75) is 43.9 Å². The molecule has 0 aromatic heterocycles. The fourth-order valence-electron chi connectivity index (χ4n) is 5.07. The number of methoxy groups -OCH3 is 1. The van der Waals surface area contributed by atoms with Gasteiger partial charge in [0.15, 0.2) is 0 Å². The summed E-state index contributed by atoms with van der Waals surface area (Å²) in [4.78, 5) is 2.11. The third kappa shape index (κ3) is 2.46. The highest BCUT2D eigenvalue weighted by atomic mass is 16.5. The number of aryl methyl sites for hydroxylation is 1. The number of hydrogen-bond acceptors (Lipinski definition) is 5. The number of benzene rings is 2. The summed E-state index contributed by atoms with van der Waals surface area (Å²) < 4.78 is 17.5. The highest BCUT2D eigenvalue weighted by molar-refractivity contribution is 5.71. The fraction of sp³-hybridized carbons (Fsp3) is 0.478. The molecular weight excluding hydrogens is 354 g/mol. The van der Waals surface area contributed by atoms with Crippen LogP contribution in [0.4, 0.5) is 5.69 Å². The highest BCUT2D eigenvalue weighted by Crippen LogP contribution is 2.55. The molecule has 28 heavy (non-hydrogen) atoms. The lowest BCUT2D eigenvalue weighted by Gasteiger charge is -2.35. The van der Waals surface area contributed by atoms with Gasteiger partial charge in [0.1, 0.15) is 29.7 Å². The first-order valence-electron chi connectivity index (χ1n) is 10.1. The first-order valence-corrected chi connectivity index (χ1v) is 10.1. The van der Waals surface area contributed by atoms with Gasteiger partial charge in [0.25, 0.3) is 0 Å². The van der Waals surface area contributed by atoms with E-state index < -0.39 is 11.6 Å². The van der Waals surface area contributed by atoms with Crippen LogP contribution < -0.4 is 14.4 Å². The van der Waals surface area contributed by atoms with Crippen LogP contribution in [-0.2, 0) is 10.2 Å². The molecular formula is C23H27NO4. The summed E-state index contributed by atoms with van der Waals surface area (Å²) >= 11 is 0. The van der Waals surface area contributed by atoms with Crippen molar-refractivity contribution in [2.24, 2.45) is 0 Å². The molecule has 0 amide bonds. The average molecular weight is 381 g/mol. The van der Waals surface area contributed by atoms with E-state index in [1.807, 2.05) is 25.1 Å². The second-order valence-corrected chi connectivity index (χ2v) is 8.11. The van der Waals surface area contributed by atoms with Crippen LogP contribution in [0.25, 0.3) is 0 Å². The van der Waals surface area contributed by atoms with Gasteiger partial charge in [-0.05, 0) is 49.4 Å². The maximum Gasteiger partial charge on any atom is 0.144 e. The lowest BCUT2D eigenvalue weighted by Crippen LogP contribution is -2.49. The quantitative estimate of drug-likeness (QED) is 0.883. The van der Waals surface area contributed by atoms with Crippen LogP contribution in [-0.4, -0.2) is 44.3 Å². The Morgan fingerprint density at radius 2 is 2.07 bits per heavy atom. The number of rotatable bonds is 3. The molecule has 3 aliphatic heterocycles. The molecule has 0 radical (unpaired) electrons. The van der Waals surface area contributed by atoms with Crippen molar-refractivity contribution in [1.29, 1.82) is 0 Å². The Balaban J connectivity index is 1.59. The zero-order chi connectivity index (χ0) is 19.3. The number of aliphatic hydroxyl groups excluding tert-OH is 1. The van der Waals surface area contributed by atoms with E-state index >= 15 is 0 Å². The van der Waals surface area contributed by atoms with E-state index in [0.29, 0.717) is 13.2 Å². The Hall–Kier alpha value is -2.24. The van der Waals surface area contributed by atoms with Gasteiger partial charge in [-0.15, -0.1) is 0 Å². The molecule has 1 spiro atoms. The van der Waals surface area contributed by atoms with Gasteiger partial charge >= 0.3 is 0 Å². The van der Waals surface area contributed by atoms with E-state index in [1.165, 1.54) is 6.42 Å². The van der Waals surface area contributed by atoms with Crippen LogP contribution in [0.2, 0.25) is 0 Å². The van der Waals surface area contributed by atoms with E-state index in [2.05, 4.69) is 23.1 Å². The van der Waals surface area contributed by atoms with Crippen LogP contribution in [0.5, 0.6) is 11.5 Å². The summed E-state index contributed by atoms with van der Waals surface area (Å²) in [5.74, 6) is 1.61. The Kier molecular flexibility index (Phi) is 4.25. The molecule has 148 valence electrons. The summed E-state index contributed by atoms with van der Waals surface area (Å²) in [6, 6.07) is 12.4. The molecule has 0 bridgehead atoms. The zero-order valence-corrected chi connectivity index (χ0v) is 16.5. The van der Waals surface area contributed by atoms with E-state index in [9.17, 15) is 5.11 Å².